The normalized spacial score (nSPS) is 34.8. The molecule has 3 saturated carbocycles. The van der Waals surface area contributed by atoms with Crippen molar-refractivity contribution in [1.29, 1.82) is 0 Å². The summed E-state index contributed by atoms with van der Waals surface area (Å²) in [6.45, 7) is 9.35. The molecule has 9 atom stereocenters. The molecule has 304 valence electrons. The van der Waals surface area contributed by atoms with Gasteiger partial charge in [-0.3, -0.25) is 4.79 Å². The van der Waals surface area contributed by atoms with E-state index in [4.69, 9.17) is 4.74 Å². The van der Waals surface area contributed by atoms with Gasteiger partial charge in [0.25, 0.3) is 0 Å². The van der Waals surface area contributed by atoms with E-state index >= 15 is 0 Å². The molecule has 4 aromatic rings. The maximum Gasteiger partial charge on any atom is 0.302 e. The molecular weight excluding hydrogens is 729 g/mol. The Hall–Kier alpha value is -4.95. The number of ether oxygens (including phenoxy) is 1. The molecule has 0 bridgehead atoms. The highest BCUT2D eigenvalue weighted by molar-refractivity contribution is 6.30. The summed E-state index contributed by atoms with van der Waals surface area (Å²) in [7, 11) is 0. The Balaban J connectivity index is 1.06. The summed E-state index contributed by atoms with van der Waals surface area (Å²) in [5.41, 5.74) is 14.2. The first-order chi connectivity index (χ1) is 29.2. The van der Waals surface area contributed by atoms with Crippen molar-refractivity contribution in [2.45, 2.75) is 91.6 Å². The van der Waals surface area contributed by atoms with Crippen molar-refractivity contribution in [2.75, 3.05) is 0 Å². The average Bonchev–Trinajstić information content (AvgIpc) is 3.76. The minimum absolute atomic E-state index is 0.0813. The van der Waals surface area contributed by atoms with Gasteiger partial charge in [0.1, 0.15) is 6.10 Å². The number of esters is 1. The van der Waals surface area contributed by atoms with E-state index in [0.29, 0.717) is 29.6 Å². The third-order valence-corrected chi connectivity index (χ3v) is 17.8. The van der Waals surface area contributed by atoms with Gasteiger partial charge >= 0.3 is 5.97 Å². The van der Waals surface area contributed by atoms with Gasteiger partial charge in [0.15, 0.2) is 0 Å². The van der Waals surface area contributed by atoms with Crippen LogP contribution in [0, 0.1) is 51.2 Å². The fraction of sp³-hybridized carbons (Fsp3) is 0.397. The lowest BCUT2D eigenvalue weighted by Crippen LogP contribution is -2.54. The minimum Gasteiger partial charge on any atom is -0.462 e. The van der Waals surface area contributed by atoms with Crippen LogP contribution in [-0.4, -0.2) is 12.1 Å². The summed E-state index contributed by atoms with van der Waals surface area (Å²) < 4.78 is 6.01. The second kappa shape index (κ2) is 14.1. The highest BCUT2D eigenvalue weighted by atomic mass is 16.5. The number of carbonyl (C=O) groups is 1. The number of rotatable bonds is 5. The summed E-state index contributed by atoms with van der Waals surface area (Å²) in [5.74, 6) is 3.01. The Bertz CT molecular complexity index is 2390. The lowest BCUT2D eigenvalue weighted by molar-refractivity contribution is -0.157. The summed E-state index contributed by atoms with van der Waals surface area (Å²) in [6.07, 6.45) is 21.5. The smallest absolute Gasteiger partial charge is 0.302 e. The maximum absolute atomic E-state index is 12.1. The van der Waals surface area contributed by atoms with Crippen molar-refractivity contribution in [1.82, 2.24) is 0 Å². The second-order valence-corrected chi connectivity index (χ2v) is 20.4. The SMILES string of the molecule is CC(=O)OC1CCC2C3CC=C4C5C=CC6=CC7(CCC6(C)C5CCC4(C)C3CCC12C)C(c1ccccc1)=C(c1ccccc1)C(c1ccccc1)=C7c1ccccc1. The van der Waals surface area contributed by atoms with Gasteiger partial charge in [0.05, 0.1) is 0 Å². The van der Waals surface area contributed by atoms with Crippen LogP contribution in [0.1, 0.15) is 108 Å². The van der Waals surface area contributed by atoms with Crippen LogP contribution in [0.15, 0.2) is 157 Å². The van der Waals surface area contributed by atoms with Crippen LogP contribution < -0.4 is 0 Å². The first-order valence-electron chi connectivity index (χ1n) is 23.2. The summed E-state index contributed by atoms with van der Waals surface area (Å²) in [4.78, 5) is 12.1. The molecule has 0 heterocycles. The van der Waals surface area contributed by atoms with Gasteiger partial charge in [-0.15, -0.1) is 0 Å². The van der Waals surface area contributed by atoms with Gasteiger partial charge in [-0.2, -0.15) is 0 Å². The molecule has 9 unspecified atom stereocenters. The van der Waals surface area contributed by atoms with Gasteiger partial charge in [0, 0.05) is 23.7 Å². The second-order valence-electron chi connectivity index (χ2n) is 20.4. The third kappa shape index (κ3) is 5.47. The molecule has 7 aliphatic rings. The van der Waals surface area contributed by atoms with E-state index in [0.717, 1.165) is 19.3 Å². The fourth-order valence-corrected chi connectivity index (χ4v) is 15.1. The van der Waals surface area contributed by atoms with Gasteiger partial charge < -0.3 is 4.74 Å². The van der Waals surface area contributed by atoms with Gasteiger partial charge in [0.2, 0.25) is 0 Å². The molecule has 7 aliphatic carbocycles. The number of carbonyl (C=O) groups excluding carboxylic acids is 1. The molecule has 2 heteroatoms. The minimum atomic E-state index is -0.314. The Morgan fingerprint density at radius 3 is 1.70 bits per heavy atom. The molecule has 60 heavy (non-hydrogen) atoms. The Labute approximate surface area is 358 Å². The number of hydrogen-bond donors (Lipinski definition) is 0. The highest BCUT2D eigenvalue weighted by Gasteiger charge is 2.63. The highest BCUT2D eigenvalue weighted by Crippen LogP contribution is 2.72. The summed E-state index contributed by atoms with van der Waals surface area (Å²) in [5, 5.41) is 0. The van der Waals surface area contributed by atoms with Crippen molar-refractivity contribution in [3.05, 3.63) is 179 Å². The molecule has 0 amide bonds. The van der Waals surface area contributed by atoms with E-state index in [9.17, 15) is 4.79 Å². The Morgan fingerprint density at radius 2 is 1.13 bits per heavy atom. The van der Waals surface area contributed by atoms with Crippen LogP contribution in [0.25, 0.3) is 22.3 Å². The zero-order chi connectivity index (χ0) is 40.9. The Morgan fingerprint density at radius 1 is 0.583 bits per heavy atom. The number of hydrogen-bond acceptors (Lipinski definition) is 2. The predicted molar refractivity (Wildman–Crippen MR) is 246 cm³/mol. The molecule has 0 aromatic heterocycles. The molecule has 3 fully saturated rings. The van der Waals surface area contributed by atoms with Crippen LogP contribution in [0.2, 0.25) is 0 Å². The molecule has 2 nitrogen and oxygen atoms in total. The molecule has 4 aromatic carbocycles. The molecule has 1 spiro atoms. The monoisotopic (exact) mass is 788 g/mol. The van der Waals surface area contributed by atoms with Gasteiger partial charge in [-0.25, -0.2) is 0 Å². The van der Waals surface area contributed by atoms with E-state index in [1.54, 1.807) is 12.5 Å². The van der Waals surface area contributed by atoms with Crippen molar-refractivity contribution in [3.63, 3.8) is 0 Å². The zero-order valence-electron chi connectivity index (χ0n) is 36.0. The van der Waals surface area contributed by atoms with Crippen LogP contribution in [0.4, 0.5) is 0 Å². The summed E-state index contributed by atoms with van der Waals surface area (Å²) >= 11 is 0. The van der Waals surface area contributed by atoms with Gasteiger partial charge in [-0.1, -0.05) is 172 Å². The van der Waals surface area contributed by atoms with E-state index in [-0.39, 0.29) is 33.7 Å². The molecule has 0 aliphatic heterocycles. The zero-order valence-corrected chi connectivity index (χ0v) is 36.0. The van der Waals surface area contributed by atoms with Crippen molar-refractivity contribution >= 4 is 28.3 Å². The molecular formula is C58H60O2. The standard InChI is InChI=1S/C58H60O2/c1-38(59)60-50-30-29-47-45-27-28-46-44-26-25-43-37-58(36-35-55(43,2)48(44)31-33-56(46,3)49(45)32-34-57(47,50)4)53(41-21-13-7-14-22-41)51(39-17-9-5-10-18-39)52(40-19-11-6-12-20-40)54(58)42-23-15-8-16-24-42/h5-26,28,37,44-45,47-50H,27,29-36H2,1-4H3. The predicted octanol–water partition coefficient (Wildman–Crippen LogP) is 14.2. The van der Waals surface area contributed by atoms with Crippen molar-refractivity contribution in [2.24, 2.45) is 51.2 Å². The van der Waals surface area contributed by atoms with E-state index in [2.05, 4.69) is 166 Å². The lowest BCUT2D eigenvalue weighted by Gasteiger charge is -2.62. The van der Waals surface area contributed by atoms with Crippen molar-refractivity contribution < 1.29 is 9.53 Å². The fourth-order valence-electron chi connectivity index (χ4n) is 15.1. The number of fused-ring (bicyclic) bond motifs is 9. The van der Waals surface area contributed by atoms with Crippen LogP contribution in [-0.2, 0) is 9.53 Å². The largest absolute Gasteiger partial charge is 0.462 e. The number of benzene rings is 4. The number of allylic oxidation sites excluding steroid dienone is 10. The quantitative estimate of drug-likeness (QED) is 0.149. The molecule has 0 N–H and O–H groups in total. The lowest BCUT2D eigenvalue weighted by atomic mass is 9.42. The maximum atomic E-state index is 12.1. The third-order valence-electron chi connectivity index (χ3n) is 17.8. The van der Waals surface area contributed by atoms with Crippen LogP contribution in [0.3, 0.4) is 0 Å². The van der Waals surface area contributed by atoms with Gasteiger partial charge in [-0.05, 0) is 142 Å². The first-order valence-corrected chi connectivity index (χ1v) is 23.2. The first kappa shape index (κ1) is 38.0. The van der Waals surface area contributed by atoms with E-state index in [1.807, 2.05) is 0 Å². The molecule has 11 rings (SSSR count). The molecule has 0 saturated heterocycles. The summed E-state index contributed by atoms with van der Waals surface area (Å²) in [6, 6.07) is 45.1. The van der Waals surface area contributed by atoms with Crippen LogP contribution in [0.5, 0.6) is 0 Å². The molecule has 0 radical (unpaired) electrons. The van der Waals surface area contributed by atoms with Crippen LogP contribution >= 0.6 is 0 Å². The van der Waals surface area contributed by atoms with Crippen molar-refractivity contribution in [3.8, 4) is 0 Å². The van der Waals surface area contributed by atoms with E-state index < -0.39 is 0 Å². The van der Waals surface area contributed by atoms with E-state index in [1.165, 1.54) is 88.6 Å². The topological polar surface area (TPSA) is 26.3 Å². The average molecular weight is 789 g/mol. The Kier molecular flexibility index (Phi) is 8.90.